The van der Waals surface area contributed by atoms with E-state index >= 15 is 0 Å². The van der Waals surface area contributed by atoms with E-state index in [0.717, 1.165) is 10.9 Å². The van der Waals surface area contributed by atoms with Gasteiger partial charge in [-0.15, -0.1) is 0 Å². The van der Waals surface area contributed by atoms with Crippen LogP contribution in [0.2, 0.25) is 5.02 Å². The molecule has 0 spiro atoms. The van der Waals surface area contributed by atoms with Gasteiger partial charge in [-0.3, -0.25) is 14.9 Å². The van der Waals surface area contributed by atoms with E-state index in [2.05, 4.69) is 41.9 Å². The van der Waals surface area contributed by atoms with Crippen LogP contribution in [0.3, 0.4) is 0 Å². The first-order valence-electron chi connectivity index (χ1n) is 10.9. The quantitative estimate of drug-likeness (QED) is 0.119. The second-order valence-corrected chi connectivity index (χ2v) is 10.0. The largest absolute Gasteiger partial charge is 0.481 e. The summed E-state index contributed by atoms with van der Waals surface area (Å²) < 4.78 is 8.31. The maximum absolute atomic E-state index is 13.3. The molecular weight excluding hydrogens is 616 g/mol. The van der Waals surface area contributed by atoms with Crippen LogP contribution in [-0.2, 0) is 13.0 Å². The van der Waals surface area contributed by atoms with Gasteiger partial charge in [-0.05, 0) is 36.8 Å². The summed E-state index contributed by atoms with van der Waals surface area (Å²) in [5.41, 5.74) is 0.959. The number of hydrogen-bond donors (Lipinski definition) is 0. The summed E-state index contributed by atoms with van der Waals surface area (Å²) in [7, 11) is 0. The number of ether oxygens (including phenoxy) is 1. The molecule has 8 nitrogen and oxygen atoms in total. The number of benzene rings is 3. The molecule has 1 heterocycles. The third-order valence-corrected chi connectivity index (χ3v) is 6.57. The fourth-order valence-electron chi connectivity index (χ4n) is 3.57. The Morgan fingerprint density at radius 3 is 2.67 bits per heavy atom. The molecule has 0 unspecified atom stereocenters. The van der Waals surface area contributed by atoms with Gasteiger partial charge in [0.15, 0.2) is 0 Å². The highest BCUT2D eigenvalue weighted by molar-refractivity contribution is 9.10. The van der Waals surface area contributed by atoms with Gasteiger partial charge in [0.05, 0.1) is 22.0 Å². The summed E-state index contributed by atoms with van der Waals surface area (Å²) in [5, 5.41) is 17.1. The highest BCUT2D eigenvalue weighted by atomic mass is 79.9. The Kier molecular flexibility index (Phi) is 8.17. The van der Waals surface area contributed by atoms with Crippen LogP contribution >= 0.6 is 43.5 Å². The Labute approximate surface area is 228 Å². The number of aryl methyl sites for hydroxylation is 1. The Balaban J connectivity index is 1.82. The molecule has 184 valence electrons. The molecule has 3 aromatic carbocycles. The molecule has 0 aliphatic rings. The maximum atomic E-state index is 13.3. The van der Waals surface area contributed by atoms with Crippen LogP contribution in [-0.4, -0.2) is 20.8 Å². The van der Waals surface area contributed by atoms with Crippen LogP contribution in [0.25, 0.3) is 10.9 Å². The van der Waals surface area contributed by atoms with E-state index in [1.807, 2.05) is 13.0 Å². The number of nitrogens with zero attached hydrogens (tertiary/aromatic N) is 4. The van der Waals surface area contributed by atoms with Crippen molar-refractivity contribution in [3.63, 3.8) is 0 Å². The van der Waals surface area contributed by atoms with Crippen molar-refractivity contribution in [2.75, 3.05) is 0 Å². The van der Waals surface area contributed by atoms with E-state index in [1.54, 1.807) is 42.5 Å². The van der Waals surface area contributed by atoms with Crippen molar-refractivity contribution in [1.29, 1.82) is 0 Å². The second kappa shape index (κ2) is 11.3. The lowest BCUT2D eigenvalue weighted by Gasteiger charge is -2.12. The zero-order valence-corrected chi connectivity index (χ0v) is 22.9. The molecule has 4 aromatic rings. The van der Waals surface area contributed by atoms with Gasteiger partial charge >= 0.3 is 5.69 Å². The Morgan fingerprint density at radius 1 is 1.17 bits per heavy atom. The summed E-state index contributed by atoms with van der Waals surface area (Å²) in [6.07, 6.45) is 2.64. The molecule has 1 aromatic heterocycles. The molecule has 0 N–H and O–H groups in total. The molecule has 0 aliphatic carbocycles. The monoisotopic (exact) mass is 632 g/mol. The molecular formula is C25H19Br2ClN4O4. The summed E-state index contributed by atoms with van der Waals surface area (Å²) in [4.78, 5) is 29.2. The fraction of sp³-hybridized carbons (Fsp3) is 0.160. The van der Waals surface area contributed by atoms with Crippen LogP contribution < -0.4 is 10.3 Å². The van der Waals surface area contributed by atoms with Gasteiger partial charge in [-0.2, -0.15) is 9.78 Å². The van der Waals surface area contributed by atoms with E-state index in [9.17, 15) is 14.9 Å². The number of halogens is 3. The topological polar surface area (TPSA) is 99.6 Å². The lowest BCUT2D eigenvalue weighted by molar-refractivity contribution is -0.386. The first-order valence-corrected chi connectivity index (χ1v) is 12.8. The van der Waals surface area contributed by atoms with Crippen LogP contribution in [0.1, 0.15) is 30.3 Å². The van der Waals surface area contributed by atoms with E-state index in [-0.39, 0.29) is 23.6 Å². The van der Waals surface area contributed by atoms with Crippen LogP contribution in [0, 0.1) is 10.1 Å². The number of fused-ring (bicyclic) bond motifs is 1. The zero-order valence-electron chi connectivity index (χ0n) is 19.0. The molecule has 0 bridgehead atoms. The van der Waals surface area contributed by atoms with Crippen LogP contribution in [0.5, 0.6) is 5.75 Å². The summed E-state index contributed by atoms with van der Waals surface area (Å²) >= 11 is 12.9. The normalized spacial score (nSPS) is 11.3. The van der Waals surface area contributed by atoms with Crippen LogP contribution in [0.15, 0.2) is 73.4 Å². The average Bonchev–Trinajstić information content (AvgIpc) is 2.84. The van der Waals surface area contributed by atoms with Gasteiger partial charge in [-0.25, -0.2) is 4.98 Å². The van der Waals surface area contributed by atoms with Gasteiger partial charge in [-0.1, -0.05) is 68.6 Å². The van der Waals surface area contributed by atoms with E-state index in [4.69, 9.17) is 16.3 Å². The fourth-order valence-corrected chi connectivity index (χ4v) is 4.59. The molecule has 0 saturated heterocycles. The summed E-state index contributed by atoms with van der Waals surface area (Å²) in [5.74, 6) is 0.491. The predicted molar refractivity (Wildman–Crippen MR) is 147 cm³/mol. The Bertz CT molecular complexity index is 1560. The minimum absolute atomic E-state index is 0.00783. The second-order valence-electron chi connectivity index (χ2n) is 7.78. The number of rotatable bonds is 8. The maximum Gasteiger partial charge on any atom is 0.312 e. The highest BCUT2D eigenvalue weighted by Crippen LogP contribution is 2.35. The first kappa shape index (κ1) is 26.0. The lowest BCUT2D eigenvalue weighted by Crippen LogP contribution is -2.22. The van der Waals surface area contributed by atoms with Crippen molar-refractivity contribution < 1.29 is 9.66 Å². The van der Waals surface area contributed by atoms with Crippen molar-refractivity contribution in [3.8, 4) is 5.75 Å². The van der Waals surface area contributed by atoms with Crippen molar-refractivity contribution in [2.45, 2.75) is 26.4 Å². The average molecular weight is 635 g/mol. The number of hydrogen-bond acceptors (Lipinski definition) is 6. The third kappa shape index (κ3) is 5.66. The van der Waals surface area contributed by atoms with Gasteiger partial charge < -0.3 is 4.74 Å². The summed E-state index contributed by atoms with van der Waals surface area (Å²) in [6.45, 7) is 1.99. The first-order chi connectivity index (χ1) is 17.3. The van der Waals surface area contributed by atoms with Crippen molar-refractivity contribution >= 4 is 66.3 Å². The Morgan fingerprint density at radius 2 is 1.94 bits per heavy atom. The molecule has 0 radical (unpaired) electrons. The minimum Gasteiger partial charge on any atom is -0.481 e. The molecule has 36 heavy (non-hydrogen) atoms. The van der Waals surface area contributed by atoms with Crippen molar-refractivity contribution in [3.05, 3.63) is 106 Å². The third-order valence-electron chi connectivity index (χ3n) is 5.25. The molecule has 0 amide bonds. The molecule has 0 aliphatic heterocycles. The standard InChI is InChI=1S/C25H19Br2ClN4O4/c1-2-5-23-30-21-9-8-17(26)11-19(21)25(33)31(23)29-13-16-10-18(27)12-22(32(34)35)24(16)36-14-15-6-3-4-7-20(15)28/h3-4,6-13H,2,5,14H2,1H3. The minimum atomic E-state index is -0.534. The molecule has 0 fully saturated rings. The number of aromatic nitrogens is 2. The molecule has 11 heteroatoms. The Hall–Kier alpha value is -3.08. The summed E-state index contributed by atoms with van der Waals surface area (Å²) in [6, 6.07) is 15.3. The number of nitro benzene ring substituents is 1. The number of nitro groups is 1. The lowest BCUT2D eigenvalue weighted by atomic mass is 10.2. The van der Waals surface area contributed by atoms with Gasteiger partial charge in [0, 0.05) is 37.6 Å². The molecule has 0 saturated carbocycles. The van der Waals surface area contributed by atoms with Crippen LogP contribution in [0.4, 0.5) is 5.69 Å². The van der Waals surface area contributed by atoms with E-state index < -0.39 is 4.92 Å². The smallest absolute Gasteiger partial charge is 0.312 e. The predicted octanol–water partition coefficient (Wildman–Crippen LogP) is 6.90. The molecule has 0 atom stereocenters. The zero-order chi connectivity index (χ0) is 25.8. The highest BCUT2D eigenvalue weighted by Gasteiger charge is 2.21. The SMILES string of the molecule is CCCc1nc2ccc(Br)cc2c(=O)n1N=Cc1cc(Br)cc([N+](=O)[O-])c1OCc1ccccc1Cl. The van der Waals surface area contributed by atoms with Gasteiger partial charge in [0.1, 0.15) is 12.4 Å². The van der Waals surface area contributed by atoms with E-state index in [0.29, 0.717) is 43.8 Å². The molecule has 4 rings (SSSR count). The van der Waals surface area contributed by atoms with Crippen molar-refractivity contribution in [1.82, 2.24) is 9.66 Å². The van der Waals surface area contributed by atoms with Crippen molar-refractivity contribution in [2.24, 2.45) is 5.10 Å². The van der Waals surface area contributed by atoms with Gasteiger partial charge in [0.2, 0.25) is 5.75 Å². The van der Waals surface area contributed by atoms with E-state index in [1.165, 1.54) is 17.0 Å². The van der Waals surface area contributed by atoms with Gasteiger partial charge in [0.25, 0.3) is 5.56 Å².